The van der Waals surface area contributed by atoms with Crippen molar-refractivity contribution in [2.24, 2.45) is 5.92 Å². The number of nitrogens with zero attached hydrogens (tertiary/aromatic N) is 15. The van der Waals surface area contributed by atoms with Gasteiger partial charge in [0.2, 0.25) is 17.7 Å². The van der Waals surface area contributed by atoms with Crippen LogP contribution in [0.3, 0.4) is 0 Å². The summed E-state index contributed by atoms with van der Waals surface area (Å²) in [5.74, 6) is 1.70. The van der Waals surface area contributed by atoms with Crippen molar-refractivity contribution in [1.82, 2.24) is 54.2 Å². The van der Waals surface area contributed by atoms with Gasteiger partial charge in [-0.2, -0.15) is 0 Å². The first-order valence-electron chi connectivity index (χ1n) is 41.9. The van der Waals surface area contributed by atoms with Gasteiger partial charge in [-0.1, -0.05) is 85.6 Å². The molecule has 133 heavy (non-hydrogen) atoms. The maximum Gasteiger partial charge on any atom is 0.268 e. The molecule has 7 aromatic carbocycles. The molecular weight excluding hydrogens is 1860 g/mol. The summed E-state index contributed by atoms with van der Waals surface area (Å²) in [6.07, 6.45) is 14.8. The zero-order chi connectivity index (χ0) is 92.8. The lowest BCUT2D eigenvalue weighted by molar-refractivity contribution is -0.133. The van der Waals surface area contributed by atoms with E-state index in [0.29, 0.717) is 90.6 Å². The van der Waals surface area contributed by atoms with Crippen LogP contribution in [0.15, 0.2) is 274 Å². The summed E-state index contributed by atoms with van der Waals surface area (Å²) in [6.45, 7) is 14.5. The lowest BCUT2D eigenvalue weighted by Crippen LogP contribution is -2.51. The number of piperidine rings is 1. The number of para-hydroxylation sites is 1. The minimum absolute atomic E-state index is 0. The molecular formula is C92H110Cl2FN19O13S6. The Labute approximate surface area is 801 Å². The van der Waals surface area contributed by atoms with E-state index in [1.165, 1.54) is 101 Å². The Kier molecular flexibility index (Phi) is 35.9. The number of piperazine rings is 2. The second kappa shape index (κ2) is 47.3. The number of nitrogens with one attached hydrogen (secondary N) is 3. The predicted molar refractivity (Wildman–Crippen MR) is 531 cm³/mol. The van der Waals surface area contributed by atoms with Gasteiger partial charge in [-0.15, -0.1) is 35.3 Å². The van der Waals surface area contributed by atoms with Crippen molar-refractivity contribution in [1.29, 1.82) is 0 Å². The Morgan fingerprint density at radius 2 is 1.12 bits per heavy atom. The molecule has 17 rings (SSSR count). The normalized spacial score (nSPS) is 14.8. The monoisotopic (exact) mass is 1970 g/mol. The first kappa shape index (κ1) is 101. The number of hydrogen-bond donors (Lipinski definition) is 5. The molecule has 4 saturated heterocycles. The Hall–Kier alpha value is -12.4. The smallest absolute Gasteiger partial charge is 0.268 e. The number of benzene rings is 7. The number of likely N-dealkylation sites (tertiary alicyclic amines) is 1. The van der Waals surface area contributed by atoms with Crippen LogP contribution < -0.4 is 44.2 Å². The van der Waals surface area contributed by atoms with Gasteiger partial charge in [-0.05, 0) is 200 Å². The molecule has 32 nitrogen and oxygen atoms in total. The predicted octanol–water partition coefficient (Wildman–Crippen LogP) is 14.4. The third-order valence-electron chi connectivity index (χ3n) is 21.9. The Bertz CT molecular complexity index is 6330. The minimum atomic E-state index is -3.75. The summed E-state index contributed by atoms with van der Waals surface area (Å²) < 4.78 is 103. The highest BCUT2D eigenvalue weighted by molar-refractivity contribution is 7.93. The molecule has 0 bridgehead atoms. The quantitative estimate of drug-likeness (QED) is 0.0351. The number of carbonyl (C=O) groups is 4. The van der Waals surface area contributed by atoms with E-state index in [4.69, 9.17) is 33.7 Å². The lowest BCUT2D eigenvalue weighted by Gasteiger charge is -2.37. The van der Waals surface area contributed by atoms with E-state index < -0.39 is 36.2 Å². The van der Waals surface area contributed by atoms with Crippen LogP contribution in [-0.4, -0.2) is 206 Å². The molecule has 0 radical (unpaired) electrons. The molecule has 41 heteroatoms. The van der Waals surface area contributed by atoms with Gasteiger partial charge in [-0.25, -0.2) is 64.5 Å². The molecule has 4 amide bonds. The van der Waals surface area contributed by atoms with Gasteiger partial charge in [0.1, 0.15) is 48.0 Å². The molecule has 13 aromatic rings. The molecule has 4 aliphatic rings. The van der Waals surface area contributed by atoms with E-state index in [0.717, 1.165) is 83.9 Å². The third-order valence-corrected chi connectivity index (χ3v) is 28.4. The van der Waals surface area contributed by atoms with Crippen LogP contribution >= 0.6 is 58.5 Å². The number of nitrogen functional groups attached to an aromatic ring is 1. The molecule has 6 aromatic heterocycles. The number of aromatic nitrogens is 8. The number of thiol groups is 1. The SMILES string of the molecule is CC(C)Cc1ccc([C@H](C)C(=O)N2CCN(c3ccc(S)cc3)CC2)cc1.CN(CC(=O)N1CCN(c2ccc(S(=O)(=O)Nc3ccncn3)cc2)CC1)c1ccccc1Cl.Nc1ccncn1.O.O.O=C(Cn1ccc2cc(Cl)cnc21)N1CCC(c2ccc(S(=O)(=O)Nc3nccs3)cc2)CC1.O=C1C(Oc2ccc(F)cc2)CCN1c1ccc(S(=O)(=O)Nc2nccs2)cc1.[HH].[HH].[HH].[HH]. The number of ether oxygens (including phenoxy) is 1. The Morgan fingerprint density at radius 1 is 0.586 bits per heavy atom. The van der Waals surface area contributed by atoms with E-state index in [1.54, 1.807) is 94.9 Å². The molecule has 0 spiro atoms. The van der Waals surface area contributed by atoms with E-state index in [-0.39, 0.29) is 96.7 Å². The van der Waals surface area contributed by atoms with Crippen LogP contribution in [0.2, 0.25) is 10.0 Å². The molecule has 1 unspecified atom stereocenters. The molecule has 9 N–H and O–H groups in total. The van der Waals surface area contributed by atoms with Gasteiger partial charge < -0.3 is 60.3 Å². The molecule has 4 aliphatic heterocycles. The number of halogens is 3. The Morgan fingerprint density at radius 3 is 1.65 bits per heavy atom. The van der Waals surface area contributed by atoms with E-state index in [9.17, 15) is 48.8 Å². The molecule has 0 aliphatic carbocycles. The summed E-state index contributed by atoms with van der Waals surface area (Å²) in [5, 5.41) is 6.10. The van der Waals surface area contributed by atoms with Crippen molar-refractivity contribution < 1.29 is 70.2 Å². The summed E-state index contributed by atoms with van der Waals surface area (Å²) in [5.41, 5.74) is 13.0. The van der Waals surface area contributed by atoms with Crippen molar-refractivity contribution in [2.45, 2.75) is 90.5 Å². The number of thiazole rings is 2. The number of likely N-dealkylation sites (N-methyl/N-ethyl adjacent to an activating group) is 1. The third kappa shape index (κ3) is 28.1. The van der Waals surface area contributed by atoms with Crippen LogP contribution in [0.1, 0.15) is 74.3 Å². The maximum atomic E-state index is 13.0. The maximum absolute atomic E-state index is 13.0. The number of sulfonamides is 3. The molecule has 10 heterocycles. The number of carbonyl (C=O) groups excluding carboxylic acids is 4. The summed E-state index contributed by atoms with van der Waals surface area (Å²) in [4.78, 5) is 93.4. The highest BCUT2D eigenvalue weighted by Gasteiger charge is 2.36. The van der Waals surface area contributed by atoms with Gasteiger partial charge in [0.05, 0.1) is 42.9 Å². The fraction of sp³-hybridized carbons (Fsp3) is 0.272. The number of rotatable bonds is 24. The van der Waals surface area contributed by atoms with Crippen LogP contribution in [0.4, 0.5) is 49.0 Å². The first-order chi connectivity index (χ1) is 63.0. The van der Waals surface area contributed by atoms with Gasteiger partial charge in [0.25, 0.3) is 36.0 Å². The van der Waals surface area contributed by atoms with Crippen LogP contribution in [-0.2, 0) is 62.2 Å². The molecule has 708 valence electrons. The number of nitrogens with two attached hydrogens (primary N) is 1. The van der Waals surface area contributed by atoms with E-state index in [1.807, 2.05) is 98.9 Å². The topological polar surface area (TPSA) is 423 Å². The van der Waals surface area contributed by atoms with Crippen LogP contribution in [0.5, 0.6) is 5.75 Å². The average Bonchev–Trinajstić information content (AvgIpc) is 1.63. The Balaban J connectivity index is 0.000000240. The second-order valence-corrected chi connectivity index (χ2v) is 39.5. The average molecular weight is 1970 g/mol. The second-order valence-electron chi connectivity index (χ2n) is 31.3. The van der Waals surface area contributed by atoms with E-state index in [2.05, 4.69) is 122 Å². The first-order valence-corrected chi connectivity index (χ1v) is 49.4. The molecule has 4 fully saturated rings. The van der Waals surface area contributed by atoms with Crippen molar-refractivity contribution in [3.8, 4) is 5.75 Å². The molecule has 0 saturated carbocycles. The van der Waals surface area contributed by atoms with Crippen molar-refractivity contribution in [3.63, 3.8) is 0 Å². The van der Waals surface area contributed by atoms with Gasteiger partial charge in [0.15, 0.2) is 16.4 Å². The zero-order valence-electron chi connectivity index (χ0n) is 73.0. The van der Waals surface area contributed by atoms with E-state index >= 15 is 0 Å². The number of fused-ring (bicyclic) bond motifs is 1. The van der Waals surface area contributed by atoms with Crippen molar-refractivity contribution in [3.05, 3.63) is 287 Å². The van der Waals surface area contributed by atoms with Gasteiger partial charge in [-0.3, -0.25) is 33.3 Å². The van der Waals surface area contributed by atoms with Crippen molar-refractivity contribution in [2.75, 3.05) is 125 Å². The number of hydrogen-bond acceptors (Lipinski definition) is 25. The highest BCUT2D eigenvalue weighted by atomic mass is 35.5. The van der Waals surface area contributed by atoms with Crippen LogP contribution in [0.25, 0.3) is 11.0 Å². The fourth-order valence-corrected chi connectivity index (χ4v) is 20.1. The largest absolute Gasteiger partial charge is 0.481 e. The highest BCUT2D eigenvalue weighted by Crippen LogP contribution is 2.34. The minimum Gasteiger partial charge on any atom is -0.481 e. The standard InChI is InChI=1S/C23H25ClN6O3S.C23H22ClN5O3S2.C23H30N2OS.C19H16FN3O4S2.C4H5N3.2H2O.4H2/c1-28(21-5-3-2-4-20(21)24)16-23(31)30-14-12-29(13-15-30)18-6-8-19(9-7-18)34(32,33)27-22-10-11-25-17-26-22;24-19-13-18-7-11-29(22(18)26-14-19)15-21(30)28-9-5-17(6-10-28)16-1-3-20(4-2-16)34(31,32)27-23-25-8-12-33-23;1-17(2)16-19-4-6-20(7-5-19)18(3)23(26)25-14-12-24(13-15-25)21-8-10-22(27)11-9-21;20-13-1-5-15(6-2-13)27-17-9-11-23(18(17)24)14-3-7-16(8-4-14)29(25,26)22-19-21-10-12-28-19;5-4-1-2-6-3-7-4;;;;;;/h2-11,17H,12-16H2,1H3,(H,25,26,27);1-4,7-8,11-14,17H,5-6,9-10,15H2,(H,25,27);4-11,17-18,27H,12-16H2,1-3H3;1-8,10,12,17H,9,11H2,(H,21,22);1-3H,(H2,5,6,7);2*1H2;4*1H/t;;18-;;;;;;;;/m..0......../s1. The fourth-order valence-electron chi connectivity index (χ4n) is 14.9. The number of anilines is 8. The van der Waals surface area contributed by atoms with Gasteiger partial charge in [0, 0.05) is 166 Å². The van der Waals surface area contributed by atoms with Gasteiger partial charge >= 0.3 is 0 Å². The number of pyridine rings is 1. The summed E-state index contributed by atoms with van der Waals surface area (Å²) in [6, 6.07) is 56.3. The number of amides is 4. The summed E-state index contributed by atoms with van der Waals surface area (Å²) >= 11 is 19.0. The van der Waals surface area contributed by atoms with Crippen LogP contribution in [0, 0.1) is 11.7 Å². The molecule has 2 atom stereocenters. The van der Waals surface area contributed by atoms with Crippen molar-refractivity contribution >= 4 is 168 Å². The summed E-state index contributed by atoms with van der Waals surface area (Å²) in [7, 11) is -9.31. The lowest BCUT2D eigenvalue weighted by atomic mass is 9.89. The zero-order valence-corrected chi connectivity index (χ0v) is 79.5.